The maximum Gasteiger partial charge on any atom is 0.0159 e. The van der Waals surface area contributed by atoms with Crippen molar-refractivity contribution in [3.63, 3.8) is 0 Å². The van der Waals surface area contributed by atoms with Crippen LogP contribution in [0.4, 0.5) is 0 Å². The van der Waals surface area contributed by atoms with Gasteiger partial charge in [0.15, 0.2) is 0 Å². The van der Waals surface area contributed by atoms with E-state index in [-0.39, 0.29) is 5.41 Å². The first kappa shape index (κ1) is 26.5. The molecule has 10 rings (SSSR count). The number of benzene rings is 9. The molecule has 0 heterocycles. The Morgan fingerprint density at radius 1 is 0.319 bits per heavy atom. The molecule has 9 aromatic rings. The maximum absolute atomic E-state index is 2.47. The lowest BCUT2D eigenvalue weighted by Gasteiger charge is -2.23. The second kappa shape index (κ2) is 9.64. The fourth-order valence-corrected chi connectivity index (χ4v) is 8.59. The van der Waals surface area contributed by atoms with Crippen LogP contribution in [0.15, 0.2) is 158 Å². The SMILES string of the molecule is CC1(C)c2ccccc2-c2ccc(-c3c4ccccc4c(-c4cccc5c4ccc4cc6ccccc6cc45)c4ccccc34)cc21. The minimum atomic E-state index is -0.0511. The first-order valence-corrected chi connectivity index (χ1v) is 16.6. The third-order valence-electron chi connectivity index (χ3n) is 10.8. The smallest absolute Gasteiger partial charge is 0.0159 e. The second-order valence-corrected chi connectivity index (χ2v) is 13.7. The van der Waals surface area contributed by atoms with Crippen molar-refractivity contribution in [1.82, 2.24) is 0 Å². The molecular weight excluding hydrogens is 565 g/mol. The van der Waals surface area contributed by atoms with Gasteiger partial charge in [0.25, 0.3) is 0 Å². The molecule has 0 bridgehead atoms. The number of hydrogen-bond acceptors (Lipinski definition) is 0. The van der Waals surface area contributed by atoms with Crippen molar-refractivity contribution in [1.29, 1.82) is 0 Å². The quantitative estimate of drug-likeness (QED) is 0.138. The molecule has 0 N–H and O–H groups in total. The summed E-state index contributed by atoms with van der Waals surface area (Å²) in [5.41, 5.74) is 10.7. The lowest BCUT2D eigenvalue weighted by atomic mass is 9.80. The highest BCUT2D eigenvalue weighted by molar-refractivity contribution is 6.25. The molecule has 0 unspecified atom stereocenters. The van der Waals surface area contributed by atoms with Crippen LogP contribution in [-0.2, 0) is 5.41 Å². The summed E-state index contributed by atoms with van der Waals surface area (Å²) in [7, 11) is 0. The summed E-state index contributed by atoms with van der Waals surface area (Å²) in [5, 5.41) is 12.9. The minimum Gasteiger partial charge on any atom is -0.0619 e. The molecule has 0 radical (unpaired) electrons. The van der Waals surface area contributed by atoms with Crippen LogP contribution in [-0.4, -0.2) is 0 Å². The van der Waals surface area contributed by atoms with Crippen LogP contribution in [0.2, 0.25) is 0 Å². The molecule has 1 aliphatic carbocycles. The van der Waals surface area contributed by atoms with Gasteiger partial charge in [0.2, 0.25) is 0 Å². The van der Waals surface area contributed by atoms with E-state index in [9.17, 15) is 0 Å². The van der Waals surface area contributed by atoms with Gasteiger partial charge in [0, 0.05) is 5.41 Å². The minimum absolute atomic E-state index is 0.0511. The molecule has 0 aromatic heterocycles. The first-order chi connectivity index (χ1) is 23.1. The molecule has 0 spiro atoms. The molecule has 9 aromatic carbocycles. The van der Waals surface area contributed by atoms with Crippen LogP contribution in [0.5, 0.6) is 0 Å². The van der Waals surface area contributed by atoms with Crippen molar-refractivity contribution < 1.29 is 0 Å². The average Bonchev–Trinajstić information content (AvgIpc) is 3.35. The Kier molecular flexibility index (Phi) is 5.44. The predicted molar refractivity (Wildman–Crippen MR) is 202 cm³/mol. The summed E-state index contributed by atoms with van der Waals surface area (Å²) >= 11 is 0. The van der Waals surface area contributed by atoms with E-state index in [0.29, 0.717) is 0 Å². The Morgan fingerprint density at radius 2 is 0.894 bits per heavy atom. The molecular formula is C47H32. The van der Waals surface area contributed by atoms with Gasteiger partial charge in [-0.3, -0.25) is 0 Å². The van der Waals surface area contributed by atoms with Crippen LogP contribution in [0.25, 0.3) is 87.2 Å². The Morgan fingerprint density at radius 3 is 1.64 bits per heavy atom. The van der Waals surface area contributed by atoms with E-state index in [2.05, 4.69) is 172 Å². The van der Waals surface area contributed by atoms with Gasteiger partial charge in [-0.25, -0.2) is 0 Å². The van der Waals surface area contributed by atoms with E-state index in [4.69, 9.17) is 0 Å². The molecule has 0 amide bonds. The van der Waals surface area contributed by atoms with E-state index in [1.807, 2.05) is 0 Å². The fourth-order valence-electron chi connectivity index (χ4n) is 8.59. The van der Waals surface area contributed by atoms with Crippen molar-refractivity contribution in [2.45, 2.75) is 19.3 Å². The molecule has 0 fully saturated rings. The normalized spacial score (nSPS) is 13.5. The van der Waals surface area contributed by atoms with E-state index < -0.39 is 0 Å². The summed E-state index contributed by atoms with van der Waals surface area (Å²) in [6, 6.07) is 59.0. The zero-order chi connectivity index (χ0) is 31.3. The molecule has 47 heavy (non-hydrogen) atoms. The average molecular weight is 597 g/mol. The molecule has 0 nitrogen and oxygen atoms in total. The van der Waals surface area contributed by atoms with Gasteiger partial charge in [-0.15, -0.1) is 0 Å². The van der Waals surface area contributed by atoms with Gasteiger partial charge in [-0.05, 0) is 117 Å². The molecule has 0 atom stereocenters. The van der Waals surface area contributed by atoms with Crippen molar-refractivity contribution in [2.24, 2.45) is 0 Å². The second-order valence-electron chi connectivity index (χ2n) is 13.7. The maximum atomic E-state index is 2.47. The zero-order valence-electron chi connectivity index (χ0n) is 26.5. The van der Waals surface area contributed by atoms with Crippen molar-refractivity contribution in [2.75, 3.05) is 0 Å². The van der Waals surface area contributed by atoms with E-state index >= 15 is 0 Å². The molecule has 0 saturated carbocycles. The monoisotopic (exact) mass is 596 g/mol. The summed E-state index contributed by atoms with van der Waals surface area (Å²) in [4.78, 5) is 0. The highest BCUT2D eigenvalue weighted by Gasteiger charge is 2.35. The van der Waals surface area contributed by atoms with Gasteiger partial charge >= 0.3 is 0 Å². The Balaban J connectivity index is 1.27. The van der Waals surface area contributed by atoms with Crippen molar-refractivity contribution >= 4 is 53.9 Å². The van der Waals surface area contributed by atoms with Crippen LogP contribution in [0.1, 0.15) is 25.0 Å². The first-order valence-electron chi connectivity index (χ1n) is 16.6. The summed E-state index contributed by atoms with van der Waals surface area (Å²) < 4.78 is 0. The van der Waals surface area contributed by atoms with Gasteiger partial charge < -0.3 is 0 Å². The summed E-state index contributed by atoms with van der Waals surface area (Å²) in [6.45, 7) is 4.74. The predicted octanol–water partition coefficient (Wildman–Crippen LogP) is 13.1. The van der Waals surface area contributed by atoms with Gasteiger partial charge in [0.1, 0.15) is 0 Å². The Labute approximate surface area is 274 Å². The van der Waals surface area contributed by atoms with Gasteiger partial charge in [0.05, 0.1) is 0 Å². The van der Waals surface area contributed by atoms with Crippen LogP contribution in [0.3, 0.4) is 0 Å². The fraction of sp³-hybridized carbons (Fsp3) is 0.0638. The lowest BCUT2D eigenvalue weighted by molar-refractivity contribution is 0.660. The van der Waals surface area contributed by atoms with Crippen molar-refractivity contribution in [3.05, 3.63) is 169 Å². The molecule has 0 heteroatoms. The topological polar surface area (TPSA) is 0 Å². The number of hydrogen-bond donors (Lipinski definition) is 0. The standard InChI is InChI=1S/C47H32/c1-47(2)43-21-10-9-14-35(43)36-25-23-32(28-44(36)47)45-38-15-5-7-17-40(38)46(41-18-8-6-16-39(41)45)37-20-11-19-33-34(37)24-22-31-26-29-12-3-4-13-30(29)27-42(31)33/h3-28H,1-2H3. The highest BCUT2D eigenvalue weighted by Crippen LogP contribution is 2.51. The third-order valence-corrected chi connectivity index (χ3v) is 10.8. The van der Waals surface area contributed by atoms with E-state index in [0.717, 1.165) is 0 Å². The van der Waals surface area contributed by atoms with Crippen LogP contribution in [0, 0.1) is 0 Å². The third kappa shape index (κ3) is 3.70. The zero-order valence-corrected chi connectivity index (χ0v) is 26.5. The van der Waals surface area contributed by atoms with Crippen LogP contribution >= 0.6 is 0 Å². The molecule has 220 valence electrons. The highest BCUT2D eigenvalue weighted by atomic mass is 14.4. The van der Waals surface area contributed by atoms with Gasteiger partial charge in [-0.2, -0.15) is 0 Å². The van der Waals surface area contributed by atoms with E-state index in [1.165, 1.54) is 98.4 Å². The van der Waals surface area contributed by atoms with Crippen LogP contribution < -0.4 is 0 Å². The van der Waals surface area contributed by atoms with Crippen molar-refractivity contribution in [3.8, 4) is 33.4 Å². The number of fused-ring (bicyclic) bond motifs is 9. The molecule has 0 saturated heterocycles. The Hall–Kier alpha value is -5.72. The summed E-state index contributed by atoms with van der Waals surface area (Å²) in [5.74, 6) is 0. The molecule has 1 aliphatic rings. The number of rotatable bonds is 2. The largest absolute Gasteiger partial charge is 0.0619 e. The Bertz CT molecular complexity index is 2700. The summed E-state index contributed by atoms with van der Waals surface area (Å²) in [6.07, 6.45) is 0. The van der Waals surface area contributed by atoms with E-state index in [1.54, 1.807) is 0 Å². The van der Waals surface area contributed by atoms with Gasteiger partial charge in [-0.1, -0.05) is 153 Å². The molecule has 0 aliphatic heterocycles. The lowest BCUT2D eigenvalue weighted by Crippen LogP contribution is -2.14.